The molecule has 164 valence electrons. The Morgan fingerprint density at radius 1 is 1.10 bits per heavy atom. The van der Waals surface area contributed by atoms with E-state index in [-0.39, 0.29) is 5.92 Å². The summed E-state index contributed by atoms with van der Waals surface area (Å²) in [7, 11) is 4.40. The summed E-state index contributed by atoms with van der Waals surface area (Å²) in [4.78, 5) is 14.5. The molecule has 8 heteroatoms. The highest BCUT2D eigenvalue weighted by atomic mass is 16.5. The van der Waals surface area contributed by atoms with Gasteiger partial charge in [-0.25, -0.2) is 4.79 Å². The van der Waals surface area contributed by atoms with Gasteiger partial charge in [0.15, 0.2) is 11.5 Å². The maximum Gasteiger partial charge on any atom is 0.330 e. The van der Waals surface area contributed by atoms with E-state index in [0.717, 1.165) is 11.1 Å². The topological polar surface area (TPSA) is 103 Å². The van der Waals surface area contributed by atoms with Gasteiger partial charge in [0.2, 0.25) is 0 Å². The average Bonchev–Trinajstić information content (AvgIpc) is 2.81. The smallest absolute Gasteiger partial charge is 0.330 e. The molecule has 0 heterocycles. The van der Waals surface area contributed by atoms with E-state index in [1.807, 2.05) is 49.4 Å². The van der Waals surface area contributed by atoms with Gasteiger partial charge < -0.3 is 18.9 Å². The van der Waals surface area contributed by atoms with E-state index >= 15 is 0 Å². The predicted octanol–water partition coefficient (Wildman–Crippen LogP) is 5.01. The molecule has 0 aliphatic carbocycles. The molecule has 2 aromatic rings. The molecule has 0 fully saturated rings. The SMILES string of the molecule is COC(=O)/C=C/[C@H](N=[N+]=[N-])[C@H](C)[C@@H](OCc1ccccc1)c1cccc(OC)c1OC. The molecule has 31 heavy (non-hydrogen) atoms. The van der Waals surface area contributed by atoms with Crippen molar-refractivity contribution < 1.29 is 23.7 Å². The Morgan fingerprint density at radius 2 is 1.84 bits per heavy atom. The minimum Gasteiger partial charge on any atom is -0.493 e. The second-order valence-electron chi connectivity index (χ2n) is 6.74. The average molecular weight is 425 g/mol. The van der Waals surface area contributed by atoms with Crippen LogP contribution in [0.3, 0.4) is 0 Å². The standard InChI is InChI=1S/C23H27N3O5/c1-16(19(25-26-24)13-14-21(27)29-3)22(31-15-17-9-6-5-7-10-17)18-11-8-12-20(28-2)23(18)30-4/h5-14,16,19,22H,15H2,1-4H3/b14-13+/t16-,19-,22+/m0/s1. The van der Waals surface area contributed by atoms with Crippen molar-refractivity contribution in [3.05, 3.63) is 82.3 Å². The monoisotopic (exact) mass is 425 g/mol. The van der Waals surface area contributed by atoms with Gasteiger partial charge >= 0.3 is 5.97 Å². The molecule has 3 atom stereocenters. The molecule has 0 spiro atoms. The number of methoxy groups -OCH3 is 3. The van der Waals surface area contributed by atoms with Crippen molar-refractivity contribution in [1.29, 1.82) is 0 Å². The first-order chi connectivity index (χ1) is 15.0. The summed E-state index contributed by atoms with van der Waals surface area (Å²) in [6.07, 6.45) is 2.23. The fourth-order valence-corrected chi connectivity index (χ4v) is 3.22. The highest BCUT2D eigenvalue weighted by Crippen LogP contribution is 2.41. The maximum absolute atomic E-state index is 11.6. The first-order valence-electron chi connectivity index (χ1n) is 9.72. The van der Waals surface area contributed by atoms with Gasteiger partial charge in [-0.1, -0.05) is 60.6 Å². The number of nitrogens with zero attached hydrogens (tertiary/aromatic N) is 3. The van der Waals surface area contributed by atoms with E-state index in [4.69, 9.17) is 19.7 Å². The fraction of sp³-hybridized carbons (Fsp3) is 0.348. The van der Waals surface area contributed by atoms with Gasteiger partial charge in [0.05, 0.1) is 40.1 Å². The normalized spacial score (nSPS) is 13.7. The number of carbonyl (C=O) groups excluding carboxylic acids is 1. The third-order valence-corrected chi connectivity index (χ3v) is 4.84. The van der Waals surface area contributed by atoms with E-state index in [1.54, 1.807) is 20.3 Å². The van der Waals surface area contributed by atoms with Crippen LogP contribution in [0, 0.1) is 5.92 Å². The molecule has 0 aliphatic rings. The lowest BCUT2D eigenvalue weighted by molar-refractivity contribution is -0.134. The summed E-state index contributed by atoms with van der Waals surface area (Å²) in [5, 5.41) is 3.86. The van der Waals surface area contributed by atoms with Crippen LogP contribution in [-0.4, -0.2) is 33.3 Å². The molecule has 2 aromatic carbocycles. The number of rotatable bonds is 11. The van der Waals surface area contributed by atoms with E-state index in [2.05, 4.69) is 14.8 Å². The lowest BCUT2D eigenvalue weighted by Gasteiger charge is -2.29. The van der Waals surface area contributed by atoms with Crippen molar-refractivity contribution in [2.45, 2.75) is 25.7 Å². The van der Waals surface area contributed by atoms with Crippen molar-refractivity contribution in [3.8, 4) is 11.5 Å². The number of carbonyl (C=O) groups is 1. The molecule has 8 nitrogen and oxygen atoms in total. The fourth-order valence-electron chi connectivity index (χ4n) is 3.22. The summed E-state index contributed by atoms with van der Waals surface area (Å²) in [6.45, 7) is 2.22. The number of ether oxygens (including phenoxy) is 4. The Labute approximate surface area is 182 Å². The Hall–Kier alpha value is -3.48. The van der Waals surface area contributed by atoms with Gasteiger partial charge in [0.1, 0.15) is 0 Å². The number of azide groups is 1. The summed E-state index contributed by atoms with van der Waals surface area (Å²) in [5.74, 6) is 0.213. The molecule has 0 saturated heterocycles. The molecule has 0 radical (unpaired) electrons. The van der Waals surface area contributed by atoms with Gasteiger partial charge in [-0.3, -0.25) is 0 Å². The van der Waals surface area contributed by atoms with Crippen LogP contribution >= 0.6 is 0 Å². The Kier molecular flexibility index (Phi) is 9.42. The van der Waals surface area contributed by atoms with Crippen LogP contribution < -0.4 is 9.47 Å². The van der Waals surface area contributed by atoms with Crippen LogP contribution in [0.4, 0.5) is 0 Å². The molecule has 0 amide bonds. The van der Waals surface area contributed by atoms with Gasteiger partial charge in [0.25, 0.3) is 0 Å². The molecular formula is C23H27N3O5. The van der Waals surface area contributed by atoms with Crippen molar-refractivity contribution in [1.82, 2.24) is 0 Å². The van der Waals surface area contributed by atoms with Crippen LogP contribution in [0.15, 0.2) is 65.8 Å². The van der Waals surface area contributed by atoms with Crippen molar-refractivity contribution in [3.63, 3.8) is 0 Å². The van der Waals surface area contributed by atoms with Crippen molar-refractivity contribution in [2.24, 2.45) is 11.0 Å². The van der Waals surface area contributed by atoms with Crippen LogP contribution in [-0.2, 0) is 20.9 Å². The van der Waals surface area contributed by atoms with Crippen molar-refractivity contribution in [2.75, 3.05) is 21.3 Å². The van der Waals surface area contributed by atoms with E-state index in [9.17, 15) is 4.79 Å². The number of benzene rings is 2. The number of para-hydroxylation sites is 1. The predicted molar refractivity (Wildman–Crippen MR) is 117 cm³/mol. The molecular weight excluding hydrogens is 398 g/mol. The zero-order chi connectivity index (χ0) is 22.6. The van der Waals surface area contributed by atoms with Gasteiger partial charge in [0, 0.05) is 16.6 Å². The molecule has 0 aliphatic heterocycles. The largest absolute Gasteiger partial charge is 0.493 e. The lowest BCUT2D eigenvalue weighted by Crippen LogP contribution is -2.24. The minimum absolute atomic E-state index is 0.333. The zero-order valence-corrected chi connectivity index (χ0v) is 18.1. The van der Waals surface area contributed by atoms with E-state index in [1.165, 1.54) is 19.3 Å². The van der Waals surface area contributed by atoms with Gasteiger partial charge in [-0.05, 0) is 23.1 Å². The number of esters is 1. The van der Waals surface area contributed by atoms with Crippen LogP contribution in [0.25, 0.3) is 10.4 Å². The Bertz CT molecular complexity index is 926. The second kappa shape index (κ2) is 12.3. The molecule has 0 bridgehead atoms. The summed E-state index contributed by atoms with van der Waals surface area (Å²) in [5.41, 5.74) is 10.8. The molecule has 0 aromatic heterocycles. The first kappa shape index (κ1) is 23.8. The summed E-state index contributed by atoms with van der Waals surface area (Å²) in [6, 6.07) is 14.6. The molecule has 0 saturated carbocycles. The summed E-state index contributed by atoms with van der Waals surface area (Å²) < 4.78 is 22.0. The van der Waals surface area contributed by atoms with Crippen LogP contribution in [0.5, 0.6) is 11.5 Å². The quantitative estimate of drug-likeness (QED) is 0.166. The first-order valence-corrected chi connectivity index (χ1v) is 9.72. The molecule has 2 rings (SSSR count). The van der Waals surface area contributed by atoms with Crippen molar-refractivity contribution >= 4 is 5.97 Å². The zero-order valence-electron chi connectivity index (χ0n) is 18.1. The van der Waals surface area contributed by atoms with Crippen LogP contribution in [0.2, 0.25) is 0 Å². The van der Waals surface area contributed by atoms with E-state index < -0.39 is 18.1 Å². The maximum atomic E-state index is 11.6. The summed E-state index contributed by atoms with van der Waals surface area (Å²) >= 11 is 0. The minimum atomic E-state index is -0.666. The van der Waals surface area contributed by atoms with E-state index in [0.29, 0.717) is 18.1 Å². The van der Waals surface area contributed by atoms with Gasteiger partial charge in [-0.15, -0.1) is 0 Å². The third kappa shape index (κ3) is 6.50. The third-order valence-electron chi connectivity index (χ3n) is 4.84. The Morgan fingerprint density at radius 3 is 2.45 bits per heavy atom. The lowest BCUT2D eigenvalue weighted by atomic mass is 9.89. The number of hydrogen-bond acceptors (Lipinski definition) is 6. The molecule has 0 unspecified atom stereocenters. The van der Waals surface area contributed by atoms with Gasteiger partial charge in [-0.2, -0.15) is 0 Å². The Balaban J connectivity index is 2.46. The molecule has 0 N–H and O–H groups in total. The highest BCUT2D eigenvalue weighted by Gasteiger charge is 2.30. The van der Waals surface area contributed by atoms with Crippen LogP contribution in [0.1, 0.15) is 24.2 Å². The highest BCUT2D eigenvalue weighted by molar-refractivity contribution is 5.81. The number of hydrogen-bond donors (Lipinski definition) is 0. The second-order valence-corrected chi connectivity index (χ2v) is 6.74.